The van der Waals surface area contributed by atoms with Gasteiger partial charge >= 0.3 is 5.97 Å². The van der Waals surface area contributed by atoms with Crippen LogP contribution in [0, 0.1) is 0 Å². The molecule has 2 aromatic carbocycles. The number of hydrogen-bond donors (Lipinski definition) is 2. The molecule has 0 saturated heterocycles. The van der Waals surface area contributed by atoms with E-state index in [-0.39, 0.29) is 11.6 Å². The summed E-state index contributed by atoms with van der Waals surface area (Å²) in [5.74, 6) is -1.51. The normalized spacial score (nSPS) is 10.5. The summed E-state index contributed by atoms with van der Waals surface area (Å²) in [6.07, 6.45) is 0. The Kier molecular flexibility index (Phi) is 6.81. The number of amides is 2. The Labute approximate surface area is 178 Å². The first-order chi connectivity index (χ1) is 14.9. The van der Waals surface area contributed by atoms with E-state index in [1.54, 1.807) is 53.4 Å². The molecule has 0 aliphatic carbocycles. The van der Waals surface area contributed by atoms with Crippen molar-refractivity contribution in [2.45, 2.75) is 13.8 Å². The summed E-state index contributed by atoms with van der Waals surface area (Å²) in [5, 5.41) is 3.65. The van der Waals surface area contributed by atoms with Crippen molar-refractivity contribution < 1.29 is 19.1 Å². The number of carbonyl (C=O) groups excluding carboxylic acids is 3. The van der Waals surface area contributed by atoms with Crippen LogP contribution in [0.3, 0.4) is 0 Å². The number of benzene rings is 2. The third kappa shape index (κ3) is 5.16. The molecule has 0 radical (unpaired) electrons. The lowest BCUT2D eigenvalue weighted by Gasteiger charge is -2.19. The Morgan fingerprint density at radius 2 is 1.74 bits per heavy atom. The Hall–Kier alpha value is -3.94. The van der Waals surface area contributed by atoms with Crippen molar-refractivity contribution >= 4 is 34.2 Å². The van der Waals surface area contributed by atoms with Crippen molar-refractivity contribution in [1.29, 1.82) is 0 Å². The van der Waals surface area contributed by atoms with E-state index >= 15 is 0 Å². The molecular formula is C23H23N3O5. The zero-order valence-electron chi connectivity index (χ0n) is 17.3. The van der Waals surface area contributed by atoms with Gasteiger partial charge in [-0.15, -0.1) is 0 Å². The average molecular weight is 421 g/mol. The predicted molar refractivity (Wildman–Crippen MR) is 117 cm³/mol. The number of aromatic nitrogens is 1. The van der Waals surface area contributed by atoms with Gasteiger partial charge in [-0.25, -0.2) is 4.79 Å². The number of aromatic amines is 1. The number of nitrogens with zero attached hydrogens (tertiary/aromatic N) is 1. The molecule has 0 aliphatic heterocycles. The summed E-state index contributed by atoms with van der Waals surface area (Å²) in [6, 6.07) is 14.9. The first kappa shape index (κ1) is 21.8. The number of esters is 1. The lowest BCUT2D eigenvalue weighted by molar-refractivity contribution is -0.119. The molecule has 1 aromatic heterocycles. The molecule has 8 nitrogen and oxygen atoms in total. The van der Waals surface area contributed by atoms with Crippen molar-refractivity contribution in [3.63, 3.8) is 0 Å². The maximum absolute atomic E-state index is 12.5. The van der Waals surface area contributed by atoms with E-state index in [1.165, 1.54) is 6.07 Å². The molecule has 0 fully saturated rings. The van der Waals surface area contributed by atoms with Crippen molar-refractivity contribution in [2.75, 3.05) is 25.0 Å². The maximum Gasteiger partial charge on any atom is 0.355 e. The van der Waals surface area contributed by atoms with E-state index in [4.69, 9.17) is 4.74 Å². The Morgan fingerprint density at radius 1 is 1.00 bits per heavy atom. The number of carbonyl (C=O) groups is 3. The molecule has 2 N–H and O–H groups in total. The van der Waals surface area contributed by atoms with Gasteiger partial charge in [-0.05, 0) is 49.6 Å². The van der Waals surface area contributed by atoms with Crippen molar-refractivity contribution in [1.82, 2.24) is 9.88 Å². The number of anilines is 1. The molecule has 0 saturated carbocycles. The van der Waals surface area contributed by atoms with Crippen LogP contribution < -0.4 is 10.9 Å². The van der Waals surface area contributed by atoms with Crippen molar-refractivity contribution in [3.05, 3.63) is 76.2 Å². The summed E-state index contributed by atoms with van der Waals surface area (Å²) < 4.78 is 5.02. The minimum absolute atomic E-state index is 0.0386. The largest absolute Gasteiger partial charge is 0.451 e. The van der Waals surface area contributed by atoms with Crippen LogP contribution in [0.4, 0.5) is 5.69 Å². The van der Waals surface area contributed by atoms with Gasteiger partial charge in [-0.3, -0.25) is 14.4 Å². The smallest absolute Gasteiger partial charge is 0.355 e. The van der Waals surface area contributed by atoms with Gasteiger partial charge in [0.15, 0.2) is 6.61 Å². The zero-order chi connectivity index (χ0) is 22.4. The average Bonchev–Trinajstić information content (AvgIpc) is 2.78. The quantitative estimate of drug-likeness (QED) is 0.570. The Balaban J connectivity index is 1.63. The zero-order valence-corrected chi connectivity index (χ0v) is 17.3. The number of rotatable bonds is 7. The fraction of sp³-hybridized carbons (Fsp3) is 0.217. The van der Waals surface area contributed by atoms with Crippen molar-refractivity contribution in [3.8, 4) is 0 Å². The third-order valence-electron chi connectivity index (χ3n) is 4.75. The molecule has 2 amide bonds. The van der Waals surface area contributed by atoms with Gasteiger partial charge in [-0.2, -0.15) is 0 Å². The molecule has 31 heavy (non-hydrogen) atoms. The van der Waals surface area contributed by atoms with E-state index in [2.05, 4.69) is 10.3 Å². The van der Waals surface area contributed by atoms with Crippen LogP contribution in [-0.2, 0) is 9.53 Å². The standard InChI is InChI=1S/C23H23N3O5/c1-3-26(4-2)22(29)16-9-7-10-17(12-16)24-20(27)14-31-23(30)19-13-15-8-5-6-11-18(15)21(28)25-19/h5-13H,3-4,14H2,1-2H3,(H,24,27)(H,25,28). The summed E-state index contributed by atoms with van der Waals surface area (Å²) in [4.78, 5) is 53.1. The van der Waals surface area contributed by atoms with Gasteiger partial charge in [0.1, 0.15) is 5.69 Å². The van der Waals surface area contributed by atoms with Crippen LogP contribution >= 0.6 is 0 Å². The molecule has 0 atom stereocenters. The number of pyridine rings is 1. The first-order valence-corrected chi connectivity index (χ1v) is 9.91. The predicted octanol–water partition coefficient (Wildman–Crippen LogP) is 2.81. The van der Waals surface area contributed by atoms with E-state index < -0.39 is 24.0 Å². The fourth-order valence-corrected chi connectivity index (χ4v) is 3.15. The van der Waals surface area contributed by atoms with Gasteiger partial charge in [0.05, 0.1) is 0 Å². The van der Waals surface area contributed by atoms with Gasteiger partial charge in [0.2, 0.25) is 0 Å². The van der Waals surface area contributed by atoms with Crippen LogP contribution in [0.1, 0.15) is 34.7 Å². The molecule has 0 spiro atoms. The molecule has 8 heteroatoms. The highest BCUT2D eigenvalue weighted by molar-refractivity contribution is 5.98. The number of hydrogen-bond acceptors (Lipinski definition) is 5. The van der Waals surface area contributed by atoms with Gasteiger partial charge < -0.3 is 19.9 Å². The third-order valence-corrected chi connectivity index (χ3v) is 4.75. The molecule has 3 aromatic rings. The second-order valence-electron chi connectivity index (χ2n) is 6.78. The highest BCUT2D eigenvalue weighted by Crippen LogP contribution is 2.14. The molecule has 160 valence electrons. The van der Waals surface area contributed by atoms with Crippen LogP contribution in [0.2, 0.25) is 0 Å². The van der Waals surface area contributed by atoms with Crippen LogP contribution in [0.5, 0.6) is 0 Å². The highest BCUT2D eigenvalue weighted by atomic mass is 16.5. The highest BCUT2D eigenvalue weighted by Gasteiger charge is 2.15. The minimum Gasteiger partial charge on any atom is -0.451 e. The molecule has 0 unspecified atom stereocenters. The molecule has 0 bridgehead atoms. The molecule has 1 heterocycles. The molecule has 3 rings (SSSR count). The van der Waals surface area contributed by atoms with Crippen molar-refractivity contribution in [2.24, 2.45) is 0 Å². The number of fused-ring (bicyclic) bond motifs is 1. The van der Waals surface area contributed by atoms with Gasteiger partial charge in [0, 0.05) is 29.7 Å². The SMILES string of the molecule is CCN(CC)C(=O)c1cccc(NC(=O)COC(=O)c2cc3ccccc3c(=O)[nH]2)c1. The summed E-state index contributed by atoms with van der Waals surface area (Å²) >= 11 is 0. The fourth-order valence-electron chi connectivity index (χ4n) is 3.15. The van der Waals surface area contributed by atoms with E-state index in [0.29, 0.717) is 35.1 Å². The van der Waals surface area contributed by atoms with Crippen LogP contribution in [0.25, 0.3) is 10.8 Å². The Bertz CT molecular complexity index is 1180. The summed E-state index contributed by atoms with van der Waals surface area (Å²) in [6.45, 7) is 4.41. The number of nitrogens with one attached hydrogen (secondary N) is 2. The lowest BCUT2D eigenvalue weighted by atomic mass is 10.1. The first-order valence-electron chi connectivity index (χ1n) is 9.91. The molecular weight excluding hydrogens is 398 g/mol. The topological polar surface area (TPSA) is 109 Å². The van der Waals surface area contributed by atoms with E-state index in [9.17, 15) is 19.2 Å². The van der Waals surface area contributed by atoms with Gasteiger partial charge in [0.25, 0.3) is 17.4 Å². The lowest BCUT2D eigenvalue weighted by Crippen LogP contribution is -2.30. The Morgan fingerprint density at radius 3 is 2.48 bits per heavy atom. The van der Waals surface area contributed by atoms with Gasteiger partial charge in [-0.1, -0.05) is 24.3 Å². The second-order valence-corrected chi connectivity index (χ2v) is 6.78. The number of ether oxygens (including phenoxy) is 1. The van der Waals surface area contributed by atoms with E-state index in [1.807, 2.05) is 13.8 Å². The second kappa shape index (κ2) is 9.71. The van der Waals surface area contributed by atoms with Crippen LogP contribution in [0.15, 0.2) is 59.4 Å². The summed E-state index contributed by atoms with van der Waals surface area (Å²) in [7, 11) is 0. The summed E-state index contributed by atoms with van der Waals surface area (Å²) in [5.41, 5.74) is 0.415. The van der Waals surface area contributed by atoms with Crippen LogP contribution in [-0.4, -0.2) is 47.4 Å². The van der Waals surface area contributed by atoms with E-state index in [0.717, 1.165) is 0 Å². The monoisotopic (exact) mass is 421 g/mol. The minimum atomic E-state index is -0.816. The maximum atomic E-state index is 12.5. The molecule has 0 aliphatic rings. The number of H-pyrrole nitrogens is 1.